The summed E-state index contributed by atoms with van der Waals surface area (Å²) in [6.07, 6.45) is 0.0662. The zero-order valence-corrected chi connectivity index (χ0v) is 22.4. The molecule has 38 heavy (non-hydrogen) atoms. The Morgan fingerprint density at radius 2 is 1.68 bits per heavy atom. The molecule has 0 aliphatic carbocycles. The second-order valence-electron chi connectivity index (χ2n) is 8.45. The van der Waals surface area contributed by atoms with Crippen molar-refractivity contribution in [3.05, 3.63) is 93.6 Å². The van der Waals surface area contributed by atoms with Crippen molar-refractivity contribution in [1.29, 1.82) is 0 Å². The van der Waals surface area contributed by atoms with Crippen LogP contribution < -0.4 is 5.32 Å². The van der Waals surface area contributed by atoms with E-state index in [0.717, 1.165) is 22.3 Å². The molecular formula is C29H26Cl2N2O5. The Bertz CT molecular complexity index is 1430. The SMILES string of the molecule is CCOC(=O)Cc1ccc(-c2ccc(-c3onc(C)c3NC(=O)OCCc3ccccc3Cl)c(Cl)c2)cc1. The molecule has 4 aromatic rings. The highest BCUT2D eigenvalue weighted by atomic mass is 35.5. The fourth-order valence-corrected chi connectivity index (χ4v) is 4.36. The number of ether oxygens (including phenoxy) is 2. The van der Waals surface area contributed by atoms with Gasteiger partial charge in [-0.05, 0) is 54.3 Å². The molecule has 0 spiro atoms. The van der Waals surface area contributed by atoms with Gasteiger partial charge in [-0.2, -0.15) is 0 Å². The number of anilines is 1. The van der Waals surface area contributed by atoms with Gasteiger partial charge in [0.1, 0.15) is 11.4 Å². The lowest BCUT2D eigenvalue weighted by molar-refractivity contribution is -0.142. The minimum Gasteiger partial charge on any atom is -0.466 e. The van der Waals surface area contributed by atoms with Gasteiger partial charge < -0.3 is 14.0 Å². The molecule has 0 fully saturated rings. The summed E-state index contributed by atoms with van der Waals surface area (Å²) in [5.41, 5.74) is 5.00. The van der Waals surface area contributed by atoms with Crippen molar-refractivity contribution in [3.8, 4) is 22.5 Å². The Hall–Kier alpha value is -3.81. The van der Waals surface area contributed by atoms with Gasteiger partial charge >= 0.3 is 12.1 Å². The van der Waals surface area contributed by atoms with Gasteiger partial charge in [0.2, 0.25) is 0 Å². The number of nitrogens with zero attached hydrogens (tertiary/aromatic N) is 1. The number of benzene rings is 3. The number of carbonyl (C=O) groups excluding carboxylic acids is 2. The largest absolute Gasteiger partial charge is 0.466 e. The number of aromatic nitrogens is 1. The van der Waals surface area contributed by atoms with Crippen LogP contribution in [0.3, 0.4) is 0 Å². The minimum absolute atomic E-state index is 0.156. The fourth-order valence-electron chi connectivity index (χ4n) is 3.87. The van der Waals surface area contributed by atoms with Gasteiger partial charge in [-0.15, -0.1) is 0 Å². The van der Waals surface area contributed by atoms with Crippen LogP contribution in [0.2, 0.25) is 10.0 Å². The first-order valence-electron chi connectivity index (χ1n) is 12.0. The van der Waals surface area contributed by atoms with Crippen LogP contribution >= 0.6 is 23.2 Å². The third-order valence-electron chi connectivity index (χ3n) is 5.81. The Morgan fingerprint density at radius 3 is 2.39 bits per heavy atom. The topological polar surface area (TPSA) is 90.7 Å². The molecule has 4 rings (SSSR count). The number of rotatable bonds is 9. The van der Waals surface area contributed by atoms with Crippen LogP contribution in [0.15, 0.2) is 71.3 Å². The number of hydrogen-bond acceptors (Lipinski definition) is 6. The minimum atomic E-state index is -0.639. The van der Waals surface area contributed by atoms with E-state index < -0.39 is 6.09 Å². The van der Waals surface area contributed by atoms with E-state index in [1.165, 1.54) is 0 Å². The van der Waals surface area contributed by atoms with Crippen molar-refractivity contribution in [2.24, 2.45) is 0 Å². The third kappa shape index (κ3) is 6.73. The van der Waals surface area contributed by atoms with E-state index in [2.05, 4.69) is 10.5 Å². The molecule has 0 atom stereocenters. The lowest BCUT2D eigenvalue weighted by Crippen LogP contribution is -2.16. The van der Waals surface area contributed by atoms with Gasteiger partial charge in [-0.3, -0.25) is 10.1 Å². The molecule has 0 saturated carbocycles. The molecule has 9 heteroatoms. The van der Waals surface area contributed by atoms with Crippen LogP contribution in [-0.2, 0) is 27.1 Å². The number of halogens is 2. The summed E-state index contributed by atoms with van der Waals surface area (Å²) in [5.74, 6) is 0.0655. The van der Waals surface area contributed by atoms with E-state index in [-0.39, 0.29) is 19.0 Å². The fraction of sp³-hybridized carbons (Fsp3) is 0.207. The summed E-state index contributed by atoms with van der Waals surface area (Å²) in [6, 6.07) is 20.5. The molecule has 0 saturated heterocycles. The first kappa shape index (κ1) is 27.2. The number of aryl methyl sites for hydroxylation is 1. The molecule has 1 aromatic heterocycles. The van der Waals surface area contributed by atoms with E-state index in [1.807, 2.05) is 48.5 Å². The quantitative estimate of drug-likeness (QED) is 0.216. The monoisotopic (exact) mass is 552 g/mol. The van der Waals surface area contributed by atoms with Crippen LogP contribution in [0, 0.1) is 6.92 Å². The van der Waals surface area contributed by atoms with Gasteiger partial charge in [0.05, 0.1) is 24.7 Å². The maximum atomic E-state index is 12.5. The van der Waals surface area contributed by atoms with E-state index in [1.54, 1.807) is 32.0 Å². The molecule has 7 nitrogen and oxygen atoms in total. The molecule has 0 radical (unpaired) electrons. The molecule has 0 aliphatic rings. The number of carbonyl (C=O) groups is 2. The van der Waals surface area contributed by atoms with Crippen LogP contribution in [0.25, 0.3) is 22.5 Å². The zero-order valence-electron chi connectivity index (χ0n) is 20.9. The summed E-state index contributed by atoms with van der Waals surface area (Å²) < 4.78 is 15.8. The van der Waals surface area contributed by atoms with Crippen LogP contribution in [-0.4, -0.2) is 30.4 Å². The van der Waals surface area contributed by atoms with Crippen molar-refractivity contribution in [3.63, 3.8) is 0 Å². The van der Waals surface area contributed by atoms with E-state index >= 15 is 0 Å². The number of nitrogens with one attached hydrogen (secondary N) is 1. The Balaban J connectivity index is 1.44. The van der Waals surface area contributed by atoms with Crippen molar-refractivity contribution in [2.45, 2.75) is 26.7 Å². The predicted molar refractivity (Wildman–Crippen MR) is 148 cm³/mol. The molecule has 0 aliphatic heterocycles. The standard InChI is InChI=1S/C29H26Cl2N2O5/c1-3-36-26(34)16-19-8-10-20(11-9-19)22-12-13-23(25(31)17-22)28-27(18(2)33-38-28)32-29(35)37-15-14-21-6-4-5-7-24(21)30/h4-13,17H,3,14-16H2,1-2H3,(H,32,35). The van der Waals surface area contributed by atoms with Gasteiger partial charge in [0, 0.05) is 17.0 Å². The van der Waals surface area contributed by atoms with Crippen molar-refractivity contribution in [1.82, 2.24) is 5.16 Å². The molecular weight excluding hydrogens is 527 g/mol. The van der Waals surface area contributed by atoms with Crippen LogP contribution in [0.4, 0.5) is 10.5 Å². The van der Waals surface area contributed by atoms with E-state index in [0.29, 0.717) is 45.8 Å². The number of esters is 1. The molecule has 0 unspecified atom stereocenters. The summed E-state index contributed by atoms with van der Waals surface area (Å²) >= 11 is 12.8. The van der Waals surface area contributed by atoms with E-state index in [4.69, 9.17) is 37.2 Å². The first-order chi connectivity index (χ1) is 18.4. The summed E-state index contributed by atoms with van der Waals surface area (Å²) in [6.45, 7) is 4.01. The summed E-state index contributed by atoms with van der Waals surface area (Å²) in [4.78, 5) is 24.2. The normalized spacial score (nSPS) is 10.7. The smallest absolute Gasteiger partial charge is 0.411 e. The molecule has 1 amide bonds. The summed E-state index contributed by atoms with van der Waals surface area (Å²) in [5, 5.41) is 7.76. The van der Waals surface area contributed by atoms with Crippen LogP contribution in [0.5, 0.6) is 0 Å². The number of amides is 1. The maximum Gasteiger partial charge on any atom is 0.411 e. The lowest BCUT2D eigenvalue weighted by atomic mass is 10.0. The Kier molecular flexibility index (Phi) is 9.05. The molecule has 0 bridgehead atoms. The van der Waals surface area contributed by atoms with Crippen molar-refractivity contribution in [2.75, 3.05) is 18.5 Å². The first-order valence-corrected chi connectivity index (χ1v) is 12.8. The second-order valence-corrected chi connectivity index (χ2v) is 9.26. The average molecular weight is 553 g/mol. The molecule has 1 heterocycles. The van der Waals surface area contributed by atoms with Gasteiger partial charge in [0.25, 0.3) is 0 Å². The molecule has 1 N–H and O–H groups in total. The Labute approximate surface area is 230 Å². The zero-order chi connectivity index (χ0) is 27.1. The van der Waals surface area contributed by atoms with Gasteiger partial charge in [0.15, 0.2) is 5.76 Å². The van der Waals surface area contributed by atoms with E-state index in [9.17, 15) is 9.59 Å². The third-order valence-corrected chi connectivity index (χ3v) is 6.49. The summed E-state index contributed by atoms with van der Waals surface area (Å²) in [7, 11) is 0. The highest BCUT2D eigenvalue weighted by Gasteiger charge is 2.20. The maximum absolute atomic E-state index is 12.5. The van der Waals surface area contributed by atoms with Crippen LogP contribution in [0.1, 0.15) is 23.7 Å². The highest BCUT2D eigenvalue weighted by Crippen LogP contribution is 2.37. The molecule has 3 aromatic carbocycles. The highest BCUT2D eigenvalue weighted by molar-refractivity contribution is 6.33. The Morgan fingerprint density at radius 1 is 0.947 bits per heavy atom. The lowest BCUT2D eigenvalue weighted by Gasteiger charge is -2.10. The number of hydrogen-bond donors (Lipinski definition) is 1. The average Bonchev–Trinajstić information content (AvgIpc) is 3.25. The molecule has 196 valence electrons. The second kappa shape index (κ2) is 12.6. The van der Waals surface area contributed by atoms with Gasteiger partial charge in [-0.25, -0.2) is 4.79 Å². The predicted octanol–water partition coefficient (Wildman–Crippen LogP) is 7.52. The van der Waals surface area contributed by atoms with Crippen molar-refractivity contribution >= 4 is 41.0 Å². The van der Waals surface area contributed by atoms with Gasteiger partial charge in [-0.1, -0.05) is 76.9 Å². The van der Waals surface area contributed by atoms with Crippen molar-refractivity contribution < 1.29 is 23.6 Å².